The lowest BCUT2D eigenvalue weighted by Gasteiger charge is -2.43. The fourth-order valence-corrected chi connectivity index (χ4v) is 4.16. The molecule has 1 heterocycles. The lowest BCUT2D eigenvalue weighted by atomic mass is 9.64. The molecule has 162 valence electrons. The number of benzene rings is 1. The number of guanidine groups is 1. The van der Waals surface area contributed by atoms with E-state index in [4.69, 9.17) is 16.3 Å². The number of nitrogens with one attached hydrogen (secondary N) is 2. The molecule has 0 bridgehead atoms. The van der Waals surface area contributed by atoms with Crippen molar-refractivity contribution in [1.29, 1.82) is 0 Å². The zero-order valence-corrected chi connectivity index (χ0v) is 20.3. The lowest BCUT2D eigenvalue weighted by molar-refractivity contribution is 0.0963. The van der Waals surface area contributed by atoms with Crippen molar-refractivity contribution in [2.75, 3.05) is 33.3 Å². The second-order valence-electron chi connectivity index (χ2n) is 7.67. The van der Waals surface area contributed by atoms with E-state index in [1.807, 2.05) is 19.1 Å². The summed E-state index contributed by atoms with van der Waals surface area (Å²) in [5.41, 5.74) is 1.50. The molecule has 2 aliphatic rings. The van der Waals surface area contributed by atoms with Crippen molar-refractivity contribution in [3.05, 3.63) is 34.9 Å². The van der Waals surface area contributed by atoms with Gasteiger partial charge < -0.3 is 20.3 Å². The minimum absolute atomic E-state index is 0. The standard InChI is InChI=1S/C21H31ClN4O2.HI/c1-3-28-20(27)26-13-9-18(10-14-26)25-19(23-2)24-15-21(11-4-12-21)16-5-7-17(22)8-6-16;/h5-8,18H,3-4,9-15H2,1-2H3,(H2,23,24,25);1H. The van der Waals surface area contributed by atoms with E-state index in [1.165, 1.54) is 24.8 Å². The molecule has 2 N–H and O–H groups in total. The smallest absolute Gasteiger partial charge is 0.409 e. The van der Waals surface area contributed by atoms with E-state index < -0.39 is 0 Å². The molecule has 0 spiro atoms. The van der Waals surface area contributed by atoms with Crippen molar-refractivity contribution in [1.82, 2.24) is 15.5 Å². The summed E-state index contributed by atoms with van der Waals surface area (Å²) in [5, 5.41) is 7.82. The number of nitrogens with zero attached hydrogens (tertiary/aromatic N) is 2. The Labute approximate surface area is 195 Å². The van der Waals surface area contributed by atoms with Crippen LogP contribution in [0.4, 0.5) is 4.79 Å². The van der Waals surface area contributed by atoms with Gasteiger partial charge in [0.2, 0.25) is 0 Å². The number of amides is 1. The molecule has 1 aromatic carbocycles. The molecule has 1 aliphatic carbocycles. The van der Waals surface area contributed by atoms with E-state index in [2.05, 4.69) is 27.8 Å². The molecule has 0 atom stereocenters. The molecule has 1 amide bonds. The molecule has 1 saturated heterocycles. The van der Waals surface area contributed by atoms with Gasteiger partial charge in [0.15, 0.2) is 5.96 Å². The SMILES string of the molecule is CCOC(=O)N1CCC(NC(=NC)NCC2(c3ccc(Cl)cc3)CCC2)CC1.I. The Morgan fingerprint density at radius 3 is 2.45 bits per heavy atom. The zero-order valence-electron chi connectivity index (χ0n) is 17.2. The number of carbonyl (C=O) groups excluding carboxylic acids is 1. The number of piperidine rings is 1. The molecule has 0 radical (unpaired) electrons. The fraction of sp³-hybridized carbons (Fsp3) is 0.619. The van der Waals surface area contributed by atoms with Crippen LogP contribution in [0, 0.1) is 0 Å². The van der Waals surface area contributed by atoms with E-state index >= 15 is 0 Å². The van der Waals surface area contributed by atoms with Gasteiger partial charge in [-0.3, -0.25) is 4.99 Å². The van der Waals surface area contributed by atoms with Gasteiger partial charge in [-0.15, -0.1) is 24.0 Å². The summed E-state index contributed by atoms with van der Waals surface area (Å²) < 4.78 is 5.09. The molecule has 0 aromatic heterocycles. The summed E-state index contributed by atoms with van der Waals surface area (Å²) in [4.78, 5) is 18.0. The number of ether oxygens (including phenoxy) is 1. The number of carbonyl (C=O) groups is 1. The van der Waals surface area contributed by atoms with Crippen LogP contribution in [0.2, 0.25) is 5.02 Å². The average Bonchev–Trinajstić information content (AvgIpc) is 2.68. The van der Waals surface area contributed by atoms with E-state index in [1.54, 1.807) is 11.9 Å². The largest absolute Gasteiger partial charge is 0.450 e. The quantitative estimate of drug-likeness (QED) is 0.338. The molecule has 8 heteroatoms. The van der Waals surface area contributed by atoms with Gasteiger partial charge >= 0.3 is 6.09 Å². The van der Waals surface area contributed by atoms with Crippen molar-refractivity contribution in [3.8, 4) is 0 Å². The Hall–Kier alpha value is -1.22. The van der Waals surface area contributed by atoms with Crippen LogP contribution in [0.15, 0.2) is 29.3 Å². The minimum Gasteiger partial charge on any atom is -0.450 e. The highest BCUT2D eigenvalue weighted by Gasteiger charge is 2.38. The maximum Gasteiger partial charge on any atom is 0.409 e. The van der Waals surface area contributed by atoms with Crippen LogP contribution in [0.25, 0.3) is 0 Å². The summed E-state index contributed by atoms with van der Waals surface area (Å²) in [6.45, 7) is 4.53. The minimum atomic E-state index is -0.210. The first-order chi connectivity index (χ1) is 13.6. The first-order valence-corrected chi connectivity index (χ1v) is 10.6. The van der Waals surface area contributed by atoms with Gasteiger partial charge in [-0.2, -0.15) is 0 Å². The van der Waals surface area contributed by atoms with Crippen molar-refractivity contribution < 1.29 is 9.53 Å². The number of halogens is 2. The number of hydrogen-bond donors (Lipinski definition) is 2. The second kappa shape index (κ2) is 11.2. The molecule has 3 rings (SSSR count). The molecule has 0 unspecified atom stereocenters. The summed E-state index contributed by atoms with van der Waals surface area (Å²) in [6, 6.07) is 8.54. The monoisotopic (exact) mass is 534 g/mol. The highest BCUT2D eigenvalue weighted by Crippen LogP contribution is 2.43. The molecule has 2 fully saturated rings. The average molecular weight is 535 g/mol. The van der Waals surface area contributed by atoms with Crippen LogP contribution < -0.4 is 10.6 Å². The van der Waals surface area contributed by atoms with Crippen LogP contribution in [-0.2, 0) is 10.2 Å². The zero-order chi connectivity index (χ0) is 20.0. The number of rotatable bonds is 5. The van der Waals surface area contributed by atoms with Crippen LogP contribution >= 0.6 is 35.6 Å². The van der Waals surface area contributed by atoms with Crippen LogP contribution in [-0.4, -0.2) is 56.3 Å². The first-order valence-electron chi connectivity index (χ1n) is 10.2. The summed E-state index contributed by atoms with van der Waals surface area (Å²) in [7, 11) is 1.80. The number of aliphatic imine (C=N–C) groups is 1. The van der Waals surface area contributed by atoms with Crippen molar-refractivity contribution in [3.63, 3.8) is 0 Å². The summed E-state index contributed by atoms with van der Waals surface area (Å²) >= 11 is 6.05. The van der Waals surface area contributed by atoms with Gasteiger partial charge in [0, 0.05) is 43.2 Å². The Bertz CT molecular complexity index is 686. The van der Waals surface area contributed by atoms with Gasteiger partial charge in [0.25, 0.3) is 0 Å². The van der Waals surface area contributed by atoms with E-state index in [0.29, 0.717) is 25.7 Å². The van der Waals surface area contributed by atoms with Gasteiger partial charge in [-0.05, 0) is 50.3 Å². The van der Waals surface area contributed by atoms with Crippen molar-refractivity contribution in [2.45, 2.75) is 50.5 Å². The van der Waals surface area contributed by atoms with Crippen molar-refractivity contribution >= 4 is 47.6 Å². The second-order valence-corrected chi connectivity index (χ2v) is 8.11. The van der Waals surface area contributed by atoms with Crippen LogP contribution in [0.1, 0.15) is 44.6 Å². The van der Waals surface area contributed by atoms with Gasteiger partial charge in [0.05, 0.1) is 6.61 Å². The van der Waals surface area contributed by atoms with E-state index in [0.717, 1.165) is 30.4 Å². The molecular formula is C21H32ClIN4O2. The molecule has 1 aliphatic heterocycles. The first kappa shape index (κ1) is 24.1. The summed E-state index contributed by atoms with van der Waals surface area (Å²) in [5.74, 6) is 0.829. The molecule has 1 saturated carbocycles. The Balaban J connectivity index is 0.00000300. The predicted molar refractivity (Wildman–Crippen MR) is 129 cm³/mol. The van der Waals surface area contributed by atoms with E-state index in [9.17, 15) is 4.79 Å². The van der Waals surface area contributed by atoms with Gasteiger partial charge in [-0.1, -0.05) is 30.2 Å². The third kappa shape index (κ3) is 6.13. The highest BCUT2D eigenvalue weighted by molar-refractivity contribution is 14.0. The van der Waals surface area contributed by atoms with Crippen molar-refractivity contribution in [2.24, 2.45) is 4.99 Å². The normalized spacial score (nSPS) is 19.0. The maximum absolute atomic E-state index is 11.8. The Kier molecular flexibility index (Phi) is 9.33. The predicted octanol–water partition coefficient (Wildman–Crippen LogP) is 4.17. The third-order valence-corrected chi connectivity index (χ3v) is 6.20. The van der Waals surface area contributed by atoms with Gasteiger partial charge in [0.1, 0.15) is 0 Å². The number of hydrogen-bond acceptors (Lipinski definition) is 3. The lowest BCUT2D eigenvalue weighted by Crippen LogP contribution is -2.53. The maximum atomic E-state index is 11.8. The molecule has 1 aromatic rings. The molecular weight excluding hydrogens is 503 g/mol. The Morgan fingerprint density at radius 1 is 1.28 bits per heavy atom. The fourth-order valence-electron chi connectivity index (χ4n) is 4.04. The Morgan fingerprint density at radius 2 is 1.93 bits per heavy atom. The van der Waals surface area contributed by atoms with Crippen LogP contribution in [0.3, 0.4) is 0 Å². The highest BCUT2D eigenvalue weighted by atomic mass is 127. The molecule has 29 heavy (non-hydrogen) atoms. The van der Waals surface area contributed by atoms with Gasteiger partial charge in [-0.25, -0.2) is 4.79 Å². The number of likely N-dealkylation sites (tertiary alicyclic amines) is 1. The van der Waals surface area contributed by atoms with Crippen LogP contribution in [0.5, 0.6) is 0 Å². The van der Waals surface area contributed by atoms with E-state index in [-0.39, 0.29) is 35.5 Å². The summed E-state index contributed by atoms with van der Waals surface area (Å²) in [6.07, 6.45) is 5.18. The third-order valence-electron chi connectivity index (χ3n) is 5.95. The molecule has 6 nitrogen and oxygen atoms in total. The topological polar surface area (TPSA) is 66.0 Å².